The number of aromatic amines is 1. The summed E-state index contributed by atoms with van der Waals surface area (Å²) in [5.74, 6) is 0.144. The van der Waals surface area contributed by atoms with Gasteiger partial charge in [-0.15, -0.1) is 0 Å². The Morgan fingerprint density at radius 1 is 1.32 bits per heavy atom. The molecule has 6 nitrogen and oxygen atoms in total. The summed E-state index contributed by atoms with van der Waals surface area (Å²) in [6, 6.07) is 9.02. The Morgan fingerprint density at radius 2 is 2.12 bits per heavy atom. The fourth-order valence-electron chi connectivity index (χ4n) is 2.90. The summed E-state index contributed by atoms with van der Waals surface area (Å²) in [7, 11) is 0. The van der Waals surface area contributed by atoms with Crippen molar-refractivity contribution in [1.29, 1.82) is 0 Å². The fourth-order valence-corrected chi connectivity index (χ4v) is 2.90. The second-order valence-corrected chi connectivity index (χ2v) is 6.37. The van der Waals surface area contributed by atoms with Crippen LogP contribution in [0.1, 0.15) is 40.4 Å². The van der Waals surface area contributed by atoms with Crippen molar-refractivity contribution >= 4 is 23.4 Å². The molecule has 0 unspecified atom stereocenters. The van der Waals surface area contributed by atoms with E-state index in [1.807, 2.05) is 30.3 Å². The van der Waals surface area contributed by atoms with Crippen LogP contribution in [0.2, 0.25) is 0 Å². The van der Waals surface area contributed by atoms with E-state index in [-0.39, 0.29) is 5.91 Å². The maximum absolute atomic E-state index is 12.6. The van der Waals surface area contributed by atoms with E-state index in [2.05, 4.69) is 20.3 Å². The molecule has 126 valence electrons. The molecule has 0 spiro atoms. The number of aldehydes is 1. The first-order valence-corrected chi connectivity index (χ1v) is 8.38. The zero-order chi connectivity index (χ0) is 17.2. The third-order valence-corrected chi connectivity index (χ3v) is 4.42. The summed E-state index contributed by atoms with van der Waals surface area (Å²) in [5, 5.41) is 2.78. The van der Waals surface area contributed by atoms with Crippen LogP contribution in [0, 0.1) is 0 Å². The molecule has 2 aromatic heterocycles. The van der Waals surface area contributed by atoms with Crippen molar-refractivity contribution in [2.75, 3.05) is 0 Å². The number of rotatable bonds is 6. The molecule has 6 heteroatoms. The molecule has 0 saturated heterocycles. The largest absolute Gasteiger partial charge is 0.344 e. The summed E-state index contributed by atoms with van der Waals surface area (Å²) in [6.07, 6.45) is 6.83. The number of carbonyl (C=O) groups excluding carboxylic acids is 2. The lowest BCUT2D eigenvalue weighted by Gasteiger charge is -2.12. The van der Waals surface area contributed by atoms with Gasteiger partial charge in [0.25, 0.3) is 5.91 Å². The third-order valence-electron chi connectivity index (χ3n) is 4.42. The van der Waals surface area contributed by atoms with Crippen molar-refractivity contribution < 1.29 is 9.59 Å². The van der Waals surface area contributed by atoms with Crippen LogP contribution in [0.15, 0.2) is 42.7 Å². The zero-order valence-corrected chi connectivity index (χ0v) is 13.6. The summed E-state index contributed by atoms with van der Waals surface area (Å²) < 4.78 is 0. The minimum absolute atomic E-state index is 0.318. The van der Waals surface area contributed by atoms with Crippen LogP contribution >= 0.6 is 0 Å². The highest BCUT2D eigenvalue weighted by atomic mass is 16.2. The lowest BCUT2D eigenvalue weighted by molar-refractivity contribution is -0.109. The van der Waals surface area contributed by atoms with Gasteiger partial charge in [0.1, 0.15) is 11.8 Å². The van der Waals surface area contributed by atoms with Gasteiger partial charge < -0.3 is 15.1 Å². The van der Waals surface area contributed by atoms with Gasteiger partial charge in [0.15, 0.2) is 5.65 Å². The van der Waals surface area contributed by atoms with Crippen molar-refractivity contribution in [1.82, 2.24) is 20.3 Å². The standard InChI is InChI=1S/C19H18N4O2/c24-11-14(8-12-4-2-1-3-5-12)22-19(25)15-9-20-18-17(15)23-16(10-21-18)13-6-7-13/h1-5,9-11,13-14H,6-8H2,(H,20,21)(H,22,25)/t14-/m1/s1. The second-order valence-electron chi connectivity index (χ2n) is 6.37. The second kappa shape index (κ2) is 6.47. The first-order valence-electron chi connectivity index (χ1n) is 8.38. The number of H-pyrrole nitrogens is 1. The number of carbonyl (C=O) groups is 2. The van der Waals surface area contributed by atoms with Gasteiger partial charge in [0.2, 0.25) is 0 Å². The Kier molecular flexibility index (Phi) is 4.01. The summed E-state index contributed by atoms with van der Waals surface area (Å²) in [4.78, 5) is 35.9. The van der Waals surface area contributed by atoms with Gasteiger partial charge in [-0.3, -0.25) is 4.79 Å². The highest BCUT2D eigenvalue weighted by Crippen LogP contribution is 2.39. The van der Waals surface area contributed by atoms with Crippen LogP contribution in [0.3, 0.4) is 0 Å². The van der Waals surface area contributed by atoms with Crippen molar-refractivity contribution in [3.05, 3.63) is 59.5 Å². The SMILES string of the molecule is O=C[C@@H](Cc1ccccc1)NC(=O)c1c[nH]c2ncc(C3CC3)nc12. The highest BCUT2D eigenvalue weighted by molar-refractivity contribution is 6.05. The topological polar surface area (TPSA) is 87.7 Å². The molecule has 1 aliphatic rings. The zero-order valence-electron chi connectivity index (χ0n) is 13.6. The number of benzene rings is 1. The molecule has 1 aliphatic carbocycles. The van der Waals surface area contributed by atoms with E-state index < -0.39 is 6.04 Å². The van der Waals surface area contributed by atoms with Crippen molar-refractivity contribution in [3.8, 4) is 0 Å². The molecular formula is C19H18N4O2. The van der Waals surface area contributed by atoms with Crippen LogP contribution in [0.4, 0.5) is 0 Å². The molecular weight excluding hydrogens is 316 g/mol. The van der Waals surface area contributed by atoms with Gasteiger partial charge in [-0.05, 0) is 24.8 Å². The van der Waals surface area contributed by atoms with Crippen LogP contribution in [0.5, 0.6) is 0 Å². The number of aromatic nitrogens is 3. The quantitative estimate of drug-likeness (QED) is 0.678. The van der Waals surface area contributed by atoms with Crippen LogP contribution in [-0.4, -0.2) is 33.2 Å². The lowest BCUT2D eigenvalue weighted by Crippen LogP contribution is -2.37. The van der Waals surface area contributed by atoms with Gasteiger partial charge in [-0.25, -0.2) is 9.97 Å². The normalized spacial score (nSPS) is 15.0. The summed E-state index contributed by atoms with van der Waals surface area (Å²) in [6.45, 7) is 0. The Bertz CT molecular complexity index is 916. The number of fused-ring (bicyclic) bond motifs is 1. The van der Waals surface area contributed by atoms with E-state index in [9.17, 15) is 9.59 Å². The monoisotopic (exact) mass is 334 g/mol. The lowest BCUT2D eigenvalue weighted by atomic mass is 10.1. The molecule has 0 radical (unpaired) electrons. The number of hydrogen-bond acceptors (Lipinski definition) is 4. The van der Waals surface area contributed by atoms with Gasteiger partial charge in [-0.2, -0.15) is 0 Å². The Labute approximate surface area is 144 Å². The van der Waals surface area contributed by atoms with E-state index in [1.165, 1.54) is 0 Å². The highest BCUT2D eigenvalue weighted by Gasteiger charge is 2.26. The van der Waals surface area contributed by atoms with Gasteiger partial charge in [-0.1, -0.05) is 30.3 Å². The molecule has 0 aliphatic heterocycles. The first-order chi connectivity index (χ1) is 12.2. The Hall–Kier alpha value is -3.02. The van der Waals surface area contributed by atoms with E-state index in [1.54, 1.807) is 12.4 Å². The average Bonchev–Trinajstić information content (AvgIpc) is 3.41. The molecule has 1 fully saturated rings. The number of amides is 1. The molecule has 1 amide bonds. The fraction of sp³-hybridized carbons (Fsp3) is 0.263. The van der Waals surface area contributed by atoms with Crippen LogP contribution in [-0.2, 0) is 11.2 Å². The van der Waals surface area contributed by atoms with Gasteiger partial charge in [0.05, 0.1) is 23.5 Å². The number of nitrogens with zero attached hydrogens (tertiary/aromatic N) is 2. The summed E-state index contributed by atoms with van der Waals surface area (Å²) >= 11 is 0. The molecule has 4 rings (SSSR count). The first kappa shape index (κ1) is 15.5. The van der Waals surface area contributed by atoms with E-state index in [0.29, 0.717) is 29.1 Å². The van der Waals surface area contributed by atoms with Gasteiger partial charge in [0, 0.05) is 12.1 Å². The maximum atomic E-state index is 12.6. The van der Waals surface area contributed by atoms with Crippen molar-refractivity contribution in [2.45, 2.75) is 31.2 Å². The number of hydrogen-bond donors (Lipinski definition) is 2. The van der Waals surface area contributed by atoms with Crippen molar-refractivity contribution in [3.63, 3.8) is 0 Å². The third kappa shape index (κ3) is 3.28. The molecule has 1 aromatic carbocycles. The molecule has 25 heavy (non-hydrogen) atoms. The van der Waals surface area contributed by atoms with Crippen LogP contribution in [0.25, 0.3) is 11.2 Å². The van der Waals surface area contributed by atoms with E-state index in [4.69, 9.17) is 0 Å². The molecule has 1 atom stereocenters. The Balaban J connectivity index is 1.54. The predicted molar refractivity (Wildman–Crippen MR) is 93.3 cm³/mol. The number of nitrogens with one attached hydrogen (secondary N) is 2. The minimum atomic E-state index is -0.584. The predicted octanol–water partition coefficient (Wildman–Crippen LogP) is 2.38. The molecule has 2 N–H and O–H groups in total. The Morgan fingerprint density at radius 3 is 2.84 bits per heavy atom. The molecule has 0 bridgehead atoms. The maximum Gasteiger partial charge on any atom is 0.255 e. The average molecular weight is 334 g/mol. The smallest absolute Gasteiger partial charge is 0.255 e. The van der Waals surface area contributed by atoms with E-state index >= 15 is 0 Å². The van der Waals surface area contributed by atoms with E-state index in [0.717, 1.165) is 30.4 Å². The molecule has 1 saturated carbocycles. The van der Waals surface area contributed by atoms with Gasteiger partial charge >= 0.3 is 0 Å². The molecule has 2 heterocycles. The molecule has 3 aromatic rings. The van der Waals surface area contributed by atoms with Crippen molar-refractivity contribution in [2.24, 2.45) is 0 Å². The minimum Gasteiger partial charge on any atom is -0.344 e. The van der Waals surface area contributed by atoms with Crippen LogP contribution < -0.4 is 5.32 Å². The summed E-state index contributed by atoms with van der Waals surface area (Å²) in [5.41, 5.74) is 3.49.